The SMILES string of the molecule is O=C(NN=Cc1cccnc1)c1ccccc1OCc1cccc(Br)c1. The lowest BCUT2D eigenvalue weighted by molar-refractivity contribution is 0.0950. The fourth-order valence-corrected chi connectivity index (χ4v) is 2.69. The van der Waals surface area contributed by atoms with Crippen LogP contribution in [0.25, 0.3) is 0 Å². The van der Waals surface area contributed by atoms with Crippen molar-refractivity contribution in [1.29, 1.82) is 0 Å². The molecule has 0 atom stereocenters. The molecule has 130 valence electrons. The van der Waals surface area contributed by atoms with Crippen LogP contribution < -0.4 is 10.2 Å². The Balaban J connectivity index is 1.66. The van der Waals surface area contributed by atoms with Crippen LogP contribution in [0.15, 0.2) is 82.6 Å². The Morgan fingerprint density at radius 1 is 1.15 bits per heavy atom. The monoisotopic (exact) mass is 409 g/mol. The maximum Gasteiger partial charge on any atom is 0.275 e. The van der Waals surface area contributed by atoms with E-state index in [9.17, 15) is 4.79 Å². The average Bonchev–Trinajstić information content (AvgIpc) is 2.67. The van der Waals surface area contributed by atoms with Gasteiger partial charge in [-0.1, -0.05) is 46.3 Å². The van der Waals surface area contributed by atoms with Crippen molar-refractivity contribution in [2.24, 2.45) is 5.10 Å². The third kappa shape index (κ3) is 5.00. The standard InChI is InChI=1S/C20H16BrN3O2/c21-17-7-3-5-15(11-17)14-26-19-9-2-1-8-18(19)20(25)24-23-13-16-6-4-10-22-12-16/h1-13H,14H2,(H,24,25). The lowest BCUT2D eigenvalue weighted by Gasteiger charge is -2.10. The number of benzene rings is 2. The van der Waals surface area contributed by atoms with Crippen LogP contribution in [0.1, 0.15) is 21.5 Å². The van der Waals surface area contributed by atoms with Crippen molar-refractivity contribution < 1.29 is 9.53 Å². The summed E-state index contributed by atoms with van der Waals surface area (Å²) < 4.78 is 6.80. The number of carbonyl (C=O) groups excluding carboxylic acids is 1. The highest BCUT2D eigenvalue weighted by Gasteiger charge is 2.11. The number of nitrogens with one attached hydrogen (secondary N) is 1. The van der Waals surface area contributed by atoms with Gasteiger partial charge in [-0.05, 0) is 35.9 Å². The van der Waals surface area contributed by atoms with Gasteiger partial charge in [0.2, 0.25) is 0 Å². The number of hydrazone groups is 1. The molecule has 1 aromatic heterocycles. The smallest absolute Gasteiger partial charge is 0.275 e. The second kappa shape index (κ2) is 8.92. The number of carbonyl (C=O) groups is 1. The molecule has 26 heavy (non-hydrogen) atoms. The Kier molecular flexibility index (Phi) is 6.11. The number of amides is 1. The molecule has 1 amide bonds. The van der Waals surface area contributed by atoms with Gasteiger partial charge in [-0.3, -0.25) is 9.78 Å². The van der Waals surface area contributed by atoms with Gasteiger partial charge in [0.1, 0.15) is 12.4 Å². The van der Waals surface area contributed by atoms with Crippen LogP contribution >= 0.6 is 15.9 Å². The van der Waals surface area contributed by atoms with E-state index in [1.807, 2.05) is 36.4 Å². The highest BCUT2D eigenvalue weighted by molar-refractivity contribution is 9.10. The summed E-state index contributed by atoms with van der Waals surface area (Å²) in [7, 11) is 0. The zero-order chi connectivity index (χ0) is 18.2. The molecule has 0 aliphatic rings. The molecule has 0 bridgehead atoms. The number of rotatable bonds is 6. The Hall–Kier alpha value is -2.99. The second-order valence-corrected chi connectivity index (χ2v) is 6.32. The topological polar surface area (TPSA) is 63.6 Å². The third-order valence-electron chi connectivity index (χ3n) is 3.48. The van der Waals surface area contributed by atoms with Crippen LogP contribution in [0.5, 0.6) is 5.75 Å². The van der Waals surface area contributed by atoms with Crippen LogP contribution in [-0.4, -0.2) is 17.1 Å². The van der Waals surface area contributed by atoms with Gasteiger partial charge in [0.05, 0.1) is 11.8 Å². The minimum atomic E-state index is -0.338. The summed E-state index contributed by atoms with van der Waals surface area (Å²) in [5.74, 6) is 0.163. The van der Waals surface area contributed by atoms with E-state index >= 15 is 0 Å². The van der Waals surface area contributed by atoms with Crippen molar-refractivity contribution in [2.75, 3.05) is 0 Å². The minimum Gasteiger partial charge on any atom is -0.488 e. The van der Waals surface area contributed by atoms with Crippen LogP contribution in [-0.2, 0) is 6.61 Å². The molecule has 0 aliphatic heterocycles. The number of para-hydroxylation sites is 1. The summed E-state index contributed by atoms with van der Waals surface area (Å²) in [5.41, 5.74) is 4.73. The van der Waals surface area contributed by atoms with Gasteiger partial charge in [0.25, 0.3) is 5.91 Å². The molecule has 5 nitrogen and oxygen atoms in total. The van der Waals surface area contributed by atoms with Crippen LogP contribution in [0.4, 0.5) is 0 Å². The number of hydrogen-bond donors (Lipinski definition) is 1. The first-order chi connectivity index (χ1) is 12.7. The quantitative estimate of drug-likeness (QED) is 0.490. The molecular formula is C20H16BrN3O2. The molecule has 0 radical (unpaired) electrons. The first-order valence-corrected chi connectivity index (χ1v) is 8.71. The maximum absolute atomic E-state index is 12.4. The van der Waals surface area contributed by atoms with E-state index in [1.165, 1.54) is 6.21 Å². The van der Waals surface area contributed by atoms with Crippen molar-refractivity contribution in [1.82, 2.24) is 10.4 Å². The molecule has 0 unspecified atom stereocenters. The van der Waals surface area contributed by atoms with E-state index in [0.29, 0.717) is 17.9 Å². The van der Waals surface area contributed by atoms with Gasteiger partial charge >= 0.3 is 0 Å². The van der Waals surface area contributed by atoms with Crippen molar-refractivity contribution in [3.05, 3.63) is 94.2 Å². The van der Waals surface area contributed by atoms with Crippen molar-refractivity contribution in [3.8, 4) is 5.75 Å². The number of aromatic nitrogens is 1. The summed E-state index contributed by atoms with van der Waals surface area (Å²) in [6.07, 6.45) is 4.87. The first-order valence-electron chi connectivity index (χ1n) is 7.92. The zero-order valence-electron chi connectivity index (χ0n) is 13.8. The predicted octanol–water partition coefficient (Wildman–Crippen LogP) is 4.19. The molecule has 1 N–H and O–H groups in total. The Morgan fingerprint density at radius 3 is 2.85 bits per heavy atom. The molecular weight excluding hydrogens is 394 g/mol. The molecule has 3 aromatic rings. The largest absolute Gasteiger partial charge is 0.488 e. The van der Waals surface area contributed by atoms with Gasteiger partial charge in [0.15, 0.2) is 0 Å². The zero-order valence-corrected chi connectivity index (χ0v) is 15.4. The predicted molar refractivity (Wildman–Crippen MR) is 104 cm³/mol. The molecule has 0 saturated carbocycles. The van der Waals surface area contributed by atoms with Crippen LogP contribution in [0.2, 0.25) is 0 Å². The lowest BCUT2D eigenvalue weighted by atomic mass is 10.2. The first kappa shape index (κ1) is 17.8. The van der Waals surface area contributed by atoms with Crippen molar-refractivity contribution in [2.45, 2.75) is 6.61 Å². The molecule has 0 spiro atoms. The molecule has 2 aromatic carbocycles. The summed E-state index contributed by atoms with van der Waals surface area (Å²) >= 11 is 3.43. The fraction of sp³-hybridized carbons (Fsp3) is 0.0500. The highest BCUT2D eigenvalue weighted by Crippen LogP contribution is 2.20. The Bertz CT molecular complexity index is 914. The van der Waals surface area contributed by atoms with Gasteiger partial charge in [-0.2, -0.15) is 5.10 Å². The van der Waals surface area contributed by atoms with E-state index in [4.69, 9.17) is 4.74 Å². The van der Waals surface area contributed by atoms with E-state index in [2.05, 4.69) is 31.4 Å². The molecule has 1 heterocycles. The van der Waals surface area contributed by atoms with Gasteiger partial charge in [-0.25, -0.2) is 5.43 Å². The third-order valence-corrected chi connectivity index (χ3v) is 3.97. The lowest BCUT2D eigenvalue weighted by Crippen LogP contribution is -2.18. The van der Waals surface area contributed by atoms with Gasteiger partial charge < -0.3 is 4.74 Å². The summed E-state index contributed by atoms with van der Waals surface area (Å²) in [4.78, 5) is 16.4. The number of halogens is 1. The van der Waals surface area contributed by atoms with E-state index in [-0.39, 0.29) is 5.91 Å². The van der Waals surface area contributed by atoms with Crippen molar-refractivity contribution in [3.63, 3.8) is 0 Å². The molecule has 6 heteroatoms. The van der Waals surface area contributed by atoms with E-state index < -0.39 is 0 Å². The van der Waals surface area contributed by atoms with Crippen LogP contribution in [0.3, 0.4) is 0 Å². The highest BCUT2D eigenvalue weighted by atomic mass is 79.9. The summed E-state index contributed by atoms with van der Waals surface area (Å²) in [6, 6.07) is 18.5. The minimum absolute atomic E-state index is 0.338. The Morgan fingerprint density at radius 2 is 2.04 bits per heavy atom. The number of ether oxygens (including phenoxy) is 1. The second-order valence-electron chi connectivity index (χ2n) is 5.40. The molecule has 0 fully saturated rings. The maximum atomic E-state index is 12.4. The molecule has 0 aliphatic carbocycles. The Labute approximate surface area is 159 Å². The molecule has 3 rings (SSSR count). The van der Waals surface area contributed by atoms with E-state index in [0.717, 1.165) is 15.6 Å². The van der Waals surface area contributed by atoms with E-state index in [1.54, 1.807) is 36.7 Å². The number of hydrogen-bond acceptors (Lipinski definition) is 4. The summed E-state index contributed by atoms with van der Waals surface area (Å²) in [6.45, 7) is 0.364. The fourth-order valence-electron chi connectivity index (χ4n) is 2.25. The molecule has 0 saturated heterocycles. The summed E-state index contributed by atoms with van der Waals surface area (Å²) in [5, 5.41) is 3.96. The van der Waals surface area contributed by atoms with Gasteiger partial charge in [-0.15, -0.1) is 0 Å². The number of nitrogens with zero attached hydrogens (tertiary/aromatic N) is 2. The van der Waals surface area contributed by atoms with Crippen LogP contribution in [0, 0.1) is 0 Å². The van der Waals surface area contributed by atoms with Gasteiger partial charge in [0, 0.05) is 22.4 Å². The van der Waals surface area contributed by atoms with Crippen molar-refractivity contribution >= 4 is 28.1 Å². The average molecular weight is 410 g/mol. The normalized spacial score (nSPS) is 10.7. The number of pyridine rings is 1.